The number of amides is 2. The lowest BCUT2D eigenvalue weighted by Crippen LogP contribution is -2.55. The molecule has 1 aliphatic rings. The van der Waals surface area contributed by atoms with Crippen molar-refractivity contribution in [2.24, 2.45) is 0 Å². The Kier molecular flexibility index (Phi) is 11.3. The van der Waals surface area contributed by atoms with Gasteiger partial charge in [0.05, 0.1) is 10.6 Å². The number of halogens is 1. The van der Waals surface area contributed by atoms with Gasteiger partial charge in [-0.2, -0.15) is 0 Å². The van der Waals surface area contributed by atoms with Crippen molar-refractivity contribution in [1.82, 2.24) is 10.2 Å². The van der Waals surface area contributed by atoms with Crippen molar-refractivity contribution in [1.29, 1.82) is 0 Å². The van der Waals surface area contributed by atoms with Gasteiger partial charge in [-0.05, 0) is 67.3 Å². The molecule has 1 fully saturated rings. The lowest BCUT2D eigenvalue weighted by Gasteiger charge is -2.35. The Balaban J connectivity index is 1.55. The molecule has 46 heavy (non-hydrogen) atoms. The van der Waals surface area contributed by atoms with Gasteiger partial charge in [-0.1, -0.05) is 114 Å². The molecule has 0 heterocycles. The van der Waals surface area contributed by atoms with E-state index in [-0.39, 0.29) is 29.8 Å². The minimum Gasteiger partial charge on any atom is -0.352 e. The molecule has 1 aliphatic carbocycles. The largest absolute Gasteiger partial charge is 0.352 e. The van der Waals surface area contributed by atoms with Crippen LogP contribution >= 0.6 is 15.9 Å². The third-order valence-electron chi connectivity index (χ3n) is 8.40. The number of carbonyl (C=O) groups is 2. The van der Waals surface area contributed by atoms with E-state index in [4.69, 9.17) is 0 Å². The summed E-state index contributed by atoms with van der Waals surface area (Å²) in [5, 5.41) is 3.25. The Morgan fingerprint density at radius 3 is 2.11 bits per heavy atom. The van der Waals surface area contributed by atoms with Crippen LogP contribution in [0.2, 0.25) is 0 Å². The summed E-state index contributed by atoms with van der Waals surface area (Å²) in [6.07, 6.45) is 5.35. The van der Waals surface area contributed by atoms with Crippen molar-refractivity contribution in [3.63, 3.8) is 0 Å². The van der Waals surface area contributed by atoms with Gasteiger partial charge in [-0.15, -0.1) is 0 Å². The van der Waals surface area contributed by atoms with E-state index in [1.54, 1.807) is 35.2 Å². The second-order valence-corrected chi connectivity index (χ2v) is 14.6. The zero-order valence-corrected chi connectivity index (χ0v) is 28.4. The number of benzene rings is 4. The summed E-state index contributed by atoms with van der Waals surface area (Å²) in [7, 11) is -4.12. The molecule has 2 amide bonds. The maximum atomic E-state index is 14.6. The van der Waals surface area contributed by atoms with Gasteiger partial charge in [0.1, 0.15) is 12.6 Å². The topological polar surface area (TPSA) is 86.8 Å². The quantitative estimate of drug-likeness (QED) is 0.172. The number of rotatable bonds is 12. The Morgan fingerprint density at radius 1 is 0.826 bits per heavy atom. The van der Waals surface area contributed by atoms with E-state index in [0.717, 1.165) is 57.6 Å². The first-order valence-electron chi connectivity index (χ1n) is 15.7. The summed E-state index contributed by atoms with van der Waals surface area (Å²) in [6.45, 7) is 1.57. The normalized spacial score (nSPS) is 14.3. The summed E-state index contributed by atoms with van der Waals surface area (Å²) in [6, 6.07) is 31.6. The number of hydrogen-bond acceptors (Lipinski definition) is 4. The van der Waals surface area contributed by atoms with Gasteiger partial charge in [0.2, 0.25) is 11.8 Å². The highest BCUT2D eigenvalue weighted by atomic mass is 79.9. The molecule has 9 heteroatoms. The highest BCUT2D eigenvalue weighted by Crippen LogP contribution is 2.26. The van der Waals surface area contributed by atoms with Crippen LogP contribution in [-0.2, 0) is 32.6 Å². The maximum absolute atomic E-state index is 14.6. The van der Waals surface area contributed by atoms with Crippen molar-refractivity contribution >= 4 is 43.5 Å². The van der Waals surface area contributed by atoms with Crippen molar-refractivity contribution in [2.45, 2.75) is 69.0 Å². The van der Waals surface area contributed by atoms with Gasteiger partial charge in [-0.25, -0.2) is 8.42 Å². The number of nitrogens with zero attached hydrogens (tertiary/aromatic N) is 2. The molecular weight excluding hydrogens is 662 g/mol. The van der Waals surface area contributed by atoms with Crippen LogP contribution in [0.4, 0.5) is 5.69 Å². The molecule has 1 saturated carbocycles. The van der Waals surface area contributed by atoms with Crippen molar-refractivity contribution in [2.75, 3.05) is 10.8 Å². The smallest absolute Gasteiger partial charge is 0.264 e. The van der Waals surface area contributed by atoms with Gasteiger partial charge in [-0.3, -0.25) is 13.9 Å². The number of nitrogens with one attached hydrogen (secondary N) is 1. The van der Waals surface area contributed by atoms with Crippen LogP contribution in [0.1, 0.15) is 48.8 Å². The van der Waals surface area contributed by atoms with Gasteiger partial charge >= 0.3 is 0 Å². The first kappa shape index (κ1) is 33.4. The molecular formula is C37H40BrN3O4S. The summed E-state index contributed by atoms with van der Waals surface area (Å²) < 4.78 is 30.2. The number of sulfonamides is 1. The van der Waals surface area contributed by atoms with Crippen LogP contribution in [0.5, 0.6) is 0 Å². The van der Waals surface area contributed by atoms with Crippen molar-refractivity contribution in [3.8, 4) is 0 Å². The molecule has 7 nitrogen and oxygen atoms in total. The third kappa shape index (κ3) is 8.65. The van der Waals surface area contributed by atoms with E-state index in [9.17, 15) is 18.0 Å². The highest BCUT2D eigenvalue weighted by molar-refractivity contribution is 9.10. The van der Waals surface area contributed by atoms with Crippen molar-refractivity contribution in [3.05, 3.63) is 130 Å². The Bertz CT molecular complexity index is 1710. The Morgan fingerprint density at radius 2 is 1.46 bits per heavy atom. The average Bonchev–Trinajstić information content (AvgIpc) is 3.07. The van der Waals surface area contributed by atoms with E-state index in [1.807, 2.05) is 73.7 Å². The third-order valence-corrected chi connectivity index (χ3v) is 10.7. The summed E-state index contributed by atoms with van der Waals surface area (Å²) in [4.78, 5) is 30.4. The van der Waals surface area contributed by atoms with Crippen LogP contribution < -0.4 is 9.62 Å². The molecule has 4 aromatic rings. The standard InChI is InChI=1S/C37H40BrN3O4S/c1-28-20-22-33(23-21-28)41(46(44,45)34-18-9-4-10-19-34)27-36(42)40(26-30-14-11-15-31(38)24-30)35(25-29-12-5-2-6-13-29)37(43)39-32-16-7-3-8-17-32/h2,4-6,9-15,18-24,32,35H,3,7-8,16-17,25-27H2,1H3,(H,39,43)/t35-/m0/s1. The van der Waals surface area contributed by atoms with Crippen LogP contribution in [0.15, 0.2) is 119 Å². The fourth-order valence-electron chi connectivity index (χ4n) is 5.89. The fraction of sp³-hybridized carbons (Fsp3) is 0.297. The molecule has 0 aromatic heterocycles. The minimum absolute atomic E-state index is 0.0462. The van der Waals surface area contributed by atoms with Crippen LogP contribution in [0, 0.1) is 6.92 Å². The van der Waals surface area contributed by atoms with Crippen LogP contribution in [0.3, 0.4) is 0 Å². The molecule has 0 bridgehead atoms. The summed E-state index contributed by atoms with van der Waals surface area (Å²) in [5.41, 5.74) is 3.06. The molecule has 240 valence electrons. The maximum Gasteiger partial charge on any atom is 0.264 e. The lowest BCUT2D eigenvalue weighted by molar-refractivity contribution is -0.140. The first-order chi connectivity index (χ1) is 22.2. The van der Waals surface area contributed by atoms with E-state index < -0.39 is 28.5 Å². The van der Waals surface area contributed by atoms with Gasteiger partial charge in [0.15, 0.2) is 0 Å². The van der Waals surface area contributed by atoms with E-state index in [1.165, 1.54) is 12.1 Å². The number of carbonyl (C=O) groups excluding carboxylic acids is 2. The zero-order valence-electron chi connectivity index (χ0n) is 26.0. The monoisotopic (exact) mass is 701 g/mol. The molecule has 0 unspecified atom stereocenters. The molecule has 1 atom stereocenters. The Hall–Kier alpha value is -3.95. The molecule has 0 saturated heterocycles. The molecule has 0 aliphatic heterocycles. The predicted molar refractivity (Wildman–Crippen MR) is 186 cm³/mol. The number of hydrogen-bond donors (Lipinski definition) is 1. The average molecular weight is 703 g/mol. The van der Waals surface area contributed by atoms with E-state index >= 15 is 0 Å². The molecule has 0 spiro atoms. The molecule has 1 N–H and O–H groups in total. The lowest BCUT2D eigenvalue weighted by atomic mass is 9.94. The number of anilines is 1. The predicted octanol–water partition coefficient (Wildman–Crippen LogP) is 7.04. The molecule has 0 radical (unpaired) electrons. The van der Waals surface area contributed by atoms with Crippen LogP contribution in [0.25, 0.3) is 0 Å². The second kappa shape index (κ2) is 15.6. The SMILES string of the molecule is Cc1ccc(N(CC(=O)N(Cc2cccc(Br)c2)[C@@H](Cc2ccccc2)C(=O)NC2CCCCC2)S(=O)(=O)c2ccccc2)cc1. The zero-order chi connectivity index (χ0) is 32.5. The van der Waals surface area contributed by atoms with E-state index in [0.29, 0.717) is 5.69 Å². The van der Waals surface area contributed by atoms with Gasteiger partial charge < -0.3 is 10.2 Å². The first-order valence-corrected chi connectivity index (χ1v) is 18.0. The summed E-state index contributed by atoms with van der Waals surface area (Å²) in [5.74, 6) is -0.702. The Labute approximate surface area is 280 Å². The van der Waals surface area contributed by atoms with Gasteiger partial charge in [0, 0.05) is 23.5 Å². The number of aryl methyl sites for hydroxylation is 1. The van der Waals surface area contributed by atoms with E-state index in [2.05, 4.69) is 21.2 Å². The highest BCUT2D eigenvalue weighted by Gasteiger charge is 2.35. The minimum atomic E-state index is -4.12. The molecule has 5 rings (SSSR count). The van der Waals surface area contributed by atoms with Crippen LogP contribution in [-0.4, -0.2) is 43.8 Å². The van der Waals surface area contributed by atoms with Gasteiger partial charge in [0.25, 0.3) is 10.0 Å². The fourth-order valence-corrected chi connectivity index (χ4v) is 7.77. The second-order valence-electron chi connectivity index (χ2n) is 11.9. The summed E-state index contributed by atoms with van der Waals surface area (Å²) >= 11 is 3.53. The molecule has 4 aromatic carbocycles. The van der Waals surface area contributed by atoms with Crippen molar-refractivity contribution < 1.29 is 18.0 Å².